The molecule has 0 aliphatic heterocycles. The number of carbonyl (C=O) groups is 1. The van der Waals surface area contributed by atoms with Crippen molar-refractivity contribution >= 4 is 27.5 Å². The number of carbonyl (C=O) groups excluding carboxylic acids is 1. The van der Waals surface area contributed by atoms with Crippen LogP contribution >= 0.6 is 11.3 Å². The van der Waals surface area contributed by atoms with E-state index in [2.05, 4.69) is 12.1 Å². The van der Waals surface area contributed by atoms with Gasteiger partial charge >= 0.3 is 5.97 Å². The lowest BCUT2D eigenvalue weighted by Gasteiger charge is -2.14. The highest BCUT2D eigenvalue weighted by molar-refractivity contribution is 7.18. The third kappa shape index (κ3) is 4.62. The highest BCUT2D eigenvalue weighted by atomic mass is 32.1. The minimum absolute atomic E-state index is 0.137. The molecule has 1 aliphatic rings. The van der Waals surface area contributed by atoms with Gasteiger partial charge in [0.05, 0.1) is 12.0 Å². The first-order valence-corrected chi connectivity index (χ1v) is 12.3. The van der Waals surface area contributed by atoms with Crippen LogP contribution in [-0.4, -0.2) is 22.1 Å². The molecule has 0 bridgehead atoms. The van der Waals surface area contributed by atoms with Crippen LogP contribution in [0.3, 0.4) is 0 Å². The fraction of sp³-hybridized carbons (Fsp3) is 0.296. The Bertz CT molecular complexity index is 1330. The van der Waals surface area contributed by atoms with E-state index in [1.165, 1.54) is 15.0 Å². The second kappa shape index (κ2) is 9.71. The Morgan fingerprint density at radius 2 is 1.73 bits per heavy atom. The van der Waals surface area contributed by atoms with Gasteiger partial charge in [-0.3, -0.25) is 14.2 Å². The topological polar surface area (TPSA) is 61.2 Å². The van der Waals surface area contributed by atoms with Gasteiger partial charge in [-0.1, -0.05) is 60.7 Å². The Kier molecular flexibility index (Phi) is 6.35. The number of benzene rings is 2. The minimum atomic E-state index is -0.410. The number of aryl methyl sites for hydroxylation is 3. The molecule has 0 saturated heterocycles. The molecule has 0 unspecified atom stereocenters. The molecule has 0 spiro atoms. The molecule has 5 nitrogen and oxygen atoms in total. The van der Waals surface area contributed by atoms with Crippen LogP contribution < -0.4 is 5.56 Å². The van der Waals surface area contributed by atoms with E-state index in [9.17, 15) is 9.59 Å². The summed E-state index contributed by atoms with van der Waals surface area (Å²) in [6, 6.07) is 19.7. The number of hydrogen-bond donors (Lipinski definition) is 0. The largest absolute Gasteiger partial charge is 0.464 e. The second-order valence-corrected chi connectivity index (χ2v) is 9.48. The zero-order valence-corrected chi connectivity index (χ0v) is 19.3. The van der Waals surface area contributed by atoms with Crippen molar-refractivity contribution in [1.29, 1.82) is 0 Å². The summed E-state index contributed by atoms with van der Waals surface area (Å²) >= 11 is 1.62. The van der Waals surface area contributed by atoms with Gasteiger partial charge < -0.3 is 4.74 Å². The van der Waals surface area contributed by atoms with Crippen molar-refractivity contribution in [2.45, 2.75) is 45.1 Å². The van der Waals surface area contributed by atoms with Crippen LogP contribution in [0.15, 0.2) is 65.5 Å². The first kappa shape index (κ1) is 21.6. The van der Waals surface area contributed by atoms with Crippen molar-refractivity contribution in [3.63, 3.8) is 0 Å². The van der Waals surface area contributed by atoms with E-state index < -0.39 is 5.97 Å². The van der Waals surface area contributed by atoms with Gasteiger partial charge in [0.2, 0.25) is 0 Å². The fourth-order valence-electron chi connectivity index (χ4n) is 4.47. The molecule has 2 aromatic carbocycles. The smallest absolute Gasteiger partial charge is 0.326 e. The van der Waals surface area contributed by atoms with E-state index in [1.54, 1.807) is 11.3 Å². The molecule has 1 aliphatic carbocycles. The fourth-order valence-corrected chi connectivity index (χ4v) is 5.73. The molecule has 2 heterocycles. The molecule has 0 fully saturated rings. The van der Waals surface area contributed by atoms with Gasteiger partial charge in [-0.2, -0.15) is 0 Å². The van der Waals surface area contributed by atoms with Crippen LogP contribution in [-0.2, 0) is 35.3 Å². The van der Waals surface area contributed by atoms with E-state index in [4.69, 9.17) is 9.72 Å². The number of rotatable bonds is 7. The van der Waals surface area contributed by atoms with Gasteiger partial charge in [0.15, 0.2) is 0 Å². The number of aromatic nitrogens is 2. The monoisotopic (exact) mass is 458 g/mol. The van der Waals surface area contributed by atoms with Crippen LogP contribution in [0, 0.1) is 0 Å². The van der Waals surface area contributed by atoms with E-state index in [1.807, 2.05) is 48.5 Å². The Morgan fingerprint density at radius 1 is 1.00 bits per heavy atom. The Labute approximate surface area is 196 Å². The first-order chi connectivity index (χ1) is 16.2. The number of hydrogen-bond acceptors (Lipinski definition) is 5. The van der Waals surface area contributed by atoms with Gasteiger partial charge in [0, 0.05) is 10.4 Å². The zero-order chi connectivity index (χ0) is 22.6. The molecule has 6 heteroatoms. The summed E-state index contributed by atoms with van der Waals surface area (Å²) in [5.41, 5.74) is 3.02. The maximum atomic E-state index is 13.6. The van der Waals surface area contributed by atoms with Crippen LogP contribution in [0.2, 0.25) is 0 Å². The average molecular weight is 459 g/mol. The zero-order valence-electron chi connectivity index (χ0n) is 18.5. The Balaban J connectivity index is 1.41. The highest BCUT2D eigenvalue weighted by Gasteiger charge is 2.23. The summed E-state index contributed by atoms with van der Waals surface area (Å²) in [7, 11) is 0. The molecular formula is C27H26N2O3S. The molecule has 4 aromatic rings. The summed E-state index contributed by atoms with van der Waals surface area (Å²) < 4.78 is 6.99. The van der Waals surface area contributed by atoms with Gasteiger partial charge in [-0.15, -0.1) is 11.3 Å². The lowest BCUT2D eigenvalue weighted by molar-refractivity contribution is -0.144. The Morgan fingerprint density at radius 3 is 2.52 bits per heavy atom. The van der Waals surface area contributed by atoms with Gasteiger partial charge in [-0.25, -0.2) is 4.98 Å². The van der Waals surface area contributed by atoms with Crippen molar-refractivity contribution in [3.8, 4) is 11.4 Å². The summed E-state index contributed by atoms with van der Waals surface area (Å²) in [6.07, 6.45) is 5.72. The molecular weight excluding hydrogens is 432 g/mol. The maximum Gasteiger partial charge on any atom is 0.326 e. The normalized spacial score (nSPS) is 13.1. The number of nitrogens with zero attached hydrogens (tertiary/aromatic N) is 2. The van der Waals surface area contributed by atoms with Crippen molar-refractivity contribution in [2.24, 2.45) is 0 Å². The van der Waals surface area contributed by atoms with Crippen molar-refractivity contribution < 1.29 is 9.53 Å². The molecule has 0 amide bonds. The molecule has 0 atom stereocenters. The van der Waals surface area contributed by atoms with Crippen molar-refractivity contribution in [1.82, 2.24) is 9.55 Å². The van der Waals surface area contributed by atoms with Gasteiger partial charge in [0.25, 0.3) is 5.56 Å². The lowest BCUT2D eigenvalue weighted by atomic mass is 9.97. The predicted molar refractivity (Wildman–Crippen MR) is 132 cm³/mol. The Hall–Kier alpha value is -3.25. The first-order valence-electron chi connectivity index (χ1n) is 11.5. The average Bonchev–Trinajstić information content (AvgIpc) is 3.23. The predicted octanol–water partition coefficient (Wildman–Crippen LogP) is 5.18. The summed E-state index contributed by atoms with van der Waals surface area (Å²) in [5.74, 6) is 0.112. The molecule has 2 aromatic heterocycles. The van der Waals surface area contributed by atoms with Crippen LogP contribution in [0.25, 0.3) is 21.6 Å². The van der Waals surface area contributed by atoms with E-state index in [0.29, 0.717) is 17.8 Å². The van der Waals surface area contributed by atoms with Gasteiger partial charge in [0.1, 0.15) is 17.2 Å². The van der Waals surface area contributed by atoms with Crippen molar-refractivity contribution in [2.75, 3.05) is 6.61 Å². The third-order valence-electron chi connectivity index (χ3n) is 6.11. The third-order valence-corrected chi connectivity index (χ3v) is 7.30. The van der Waals surface area contributed by atoms with E-state index in [0.717, 1.165) is 54.5 Å². The SMILES string of the molecule is O=C(Cn1c(-c2ccccc2)nc2sc3c(c2c1=O)CCCC3)OCCCc1ccccc1. The molecule has 5 rings (SSSR count). The molecule has 168 valence electrons. The van der Waals surface area contributed by atoms with E-state index in [-0.39, 0.29) is 12.1 Å². The summed E-state index contributed by atoms with van der Waals surface area (Å²) in [6.45, 7) is 0.189. The highest BCUT2D eigenvalue weighted by Crippen LogP contribution is 2.34. The van der Waals surface area contributed by atoms with Crippen molar-refractivity contribution in [3.05, 3.63) is 87.0 Å². The number of ether oxygens (including phenoxy) is 1. The van der Waals surface area contributed by atoms with Crippen LogP contribution in [0.5, 0.6) is 0 Å². The quantitative estimate of drug-likeness (QED) is 0.283. The summed E-state index contributed by atoms with van der Waals surface area (Å²) in [5, 5.41) is 0.686. The number of esters is 1. The molecule has 0 radical (unpaired) electrons. The number of thiophene rings is 1. The molecule has 33 heavy (non-hydrogen) atoms. The van der Waals surface area contributed by atoms with E-state index >= 15 is 0 Å². The minimum Gasteiger partial charge on any atom is -0.464 e. The van der Waals surface area contributed by atoms with Crippen LogP contribution in [0.4, 0.5) is 0 Å². The second-order valence-electron chi connectivity index (χ2n) is 8.39. The van der Waals surface area contributed by atoms with Crippen LogP contribution in [0.1, 0.15) is 35.3 Å². The summed E-state index contributed by atoms with van der Waals surface area (Å²) in [4.78, 5) is 33.3. The van der Waals surface area contributed by atoms with Gasteiger partial charge in [-0.05, 0) is 49.7 Å². The number of fused-ring (bicyclic) bond motifs is 3. The molecule has 0 N–H and O–H groups in total. The maximum absolute atomic E-state index is 13.6. The lowest BCUT2D eigenvalue weighted by Crippen LogP contribution is -2.28. The standard InChI is InChI=1S/C27H26N2O3S/c30-23(32-17-9-12-19-10-3-1-4-11-19)18-29-25(20-13-5-2-6-14-20)28-26-24(27(29)31)21-15-7-8-16-22(21)33-26/h1-6,10-11,13-14H,7-9,12,15-18H2. The molecule has 0 saturated carbocycles.